The van der Waals surface area contributed by atoms with E-state index in [1.165, 1.54) is 6.08 Å². The van der Waals surface area contributed by atoms with Crippen molar-refractivity contribution in [3.63, 3.8) is 0 Å². The normalized spacial score (nSPS) is 27.8. The highest BCUT2D eigenvalue weighted by atomic mass is 19.4. The molecular weight excluding hydrogens is 262 g/mol. The summed E-state index contributed by atoms with van der Waals surface area (Å²) in [6, 6.07) is 0. The van der Waals surface area contributed by atoms with Gasteiger partial charge in [-0.15, -0.1) is 0 Å². The van der Waals surface area contributed by atoms with E-state index < -0.39 is 30.3 Å². The van der Waals surface area contributed by atoms with Gasteiger partial charge in [-0.25, -0.2) is 0 Å². The maximum absolute atomic E-state index is 12.5. The molecule has 2 aliphatic rings. The van der Waals surface area contributed by atoms with Crippen LogP contribution in [-0.4, -0.2) is 23.1 Å². The SMILES string of the molecule is OC(CC1C=C2C=CC1C2)(C(F)(F)F)C(F)(F)F. The van der Waals surface area contributed by atoms with Crippen LogP contribution < -0.4 is 0 Å². The molecule has 2 rings (SSSR count). The van der Waals surface area contributed by atoms with Crippen LogP contribution in [-0.2, 0) is 0 Å². The highest BCUT2D eigenvalue weighted by molar-refractivity contribution is 5.34. The van der Waals surface area contributed by atoms with Crippen molar-refractivity contribution in [2.24, 2.45) is 11.8 Å². The van der Waals surface area contributed by atoms with Gasteiger partial charge in [-0.3, -0.25) is 0 Å². The highest BCUT2D eigenvalue weighted by Gasteiger charge is 2.70. The molecule has 0 aliphatic heterocycles. The Bertz CT molecular complexity index is 389. The second kappa shape index (κ2) is 3.76. The summed E-state index contributed by atoms with van der Waals surface area (Å²) in [6.45, 7) is 0. The van der Waals surface area contributed by atoms with Crippen LogP contribution in [0.3, 0.4) is 0 Å². The number of aliphatic hydroxyl groups is 1. The van der Waals surface area contributed by atoms with Crippen molar-refractivity contribution in [1.29, 1.82) is 0 Å². The molecule has 0 fully saturated rings. The zero-order valence-electron chi connectivity index (χ0n) is 9.02. The van der Waals surface area contributed by atoms with E-state index in [2.05, 4.69) is 0 Å². The average Bonchev–Trinajstić information content (AvgIpc) is 2.75. The topological polar surface area (TPSA) is 20.2 Å². The monoisotopic (exact) mass is 272 g/mol. The molecule has 0 amide bonds. The van der Waals surface area contributed by atoms with Crippen molar-refractivity contribution in [2.75, 3.05) is 0 Å². The standard InChI is InChI=1S/C11H10F6O/c12-10(13,14)9(18,11(15,16)17)5-8-4-6-1-2-7(8)3-6/h1-2,4,7-8,18H,3,5H2. The lowest BCUT2D eigenvalue weighted by Gasteiger charge is -2.35. The van der Waals surface area contributed by atoms with Gasteiger partial charge in [0.1, 0.15) is 0 Å². The summed E-state index contributed by atoms with van der Waals surface area (Å²) < 4.78 is 74.9. The van der Waals surface area contributed by atoms with E-state index in [-0.39, 0.29) is 5.92 Å². The Morgan fingerprint density at radius 2 is 1.67 bits per heavy atom. The van der Waals surface area contributed by atoms with Crippen LogP contribution in [0.1, 0.15) is 12.8 Å². The third-order valence-electron chi connectivity index (χ3n) is 3.48. The van der Waals surface area contributed by atoms with Gasteiger partial charge in [0.25, 0.3) is 5.60 Å². The maximum atomic E-state index is 12.5. The molecule has 2 aliphatic carbocycles. The van der Waals surface area contributed by atoms with Gasteiger partial charge in [0.05, 0.1) is 0 Å². The lowest BCUT2D eigenvalue weighted by Crippen LogP contribution is -2.57. The highest BCUT2D eigenvalue weighted by Crippen LogP contribution is 2.50. The predicted octanol–water partition coefficient (Wildman–Crippen LogP) is 3.36. The lowest BCUT2D eigenvalue weighted by atomic mass is 9.83. The van der Waals surface area contributed by atoms with Crippen LogP contribution in [0.4, 0.5) is 26.3 Å². The van der Waals surface area contributed by atoms with Gasteiger partial charge < -0.3 is 5.11 Å². The van der Waals surface area contributed by atoms with Crippen LogP contribution in [0.5, 0.6) is 0 Å². The Labute approximate surface area is 98.8 Å². The van der Waals surface area contributed by atoms with Gasteiger partial charge in [-0.05, 0) is 18.3 Å². The first-order valence-corrected chi connectivity index (χ1v) is 5.29. The Hall–Kier alpha value is -0.980. The van der Waals surface area contributed by atoms with Crippen LogP contribution in [0.25, 0.3) is 0 Å². The van der Waals surface area contributed by atoms with E-state index in [4.69, 9.17) is 5.11 Å². The molecule has 18 heavy (non-hydrogen) atoms. The van der Waals surface area contributed by atoms with Crippen LogP contribution in [0.2, 0.25) is 0 Å². The van der Waals surface area contributed by atoms with Gasteiger partial charge in [0, 0.05) is 6.42 Å². The van der Waals surface area contributed by atoms with Crippen molar-refractivity contribution in [2.45, 2.75) is 30.8 Å². The first-order chi connectivity index (χ1) is 8.04. The van der Waals surface area contributed by atoms with Crippen molar-refractivity contribution >= 4 is 0 Å². The van der Waals surface area contributed by atoms with Gasteiger partial charge >= 0.3 is 12.4 Å². The molecule has 0 aromatic rings. The lowest BCUT2D eigenvalue weighted by molar-refractivity contribution is -0.372. The molecule has 0 aromatic carbocycles. The molecule has 0 saturated carbocycles. The molecular formula is C11H10F6O. The van der Waals surface area contributed by atoms with Gasteiger partial charge in [-0.1, -0.05) is 23.8 Å². The fraction of sp³-hybridized carbons (Fsp3) is 0.636. The van der Waals surface area contributed by atoms with Crippen LogP contribution >= 0.6 is 0 Å². The largest absolute Gasteiger partial charge is 0.426 e. The first-order valence-electron chi connectivity index (χ1n) is 5.29. The Kier molecular flexibility index (Phi) is 2.81. The van der Waals surface area contributed by atoms with Crippen molar-refractivity contribution < 1.29 is 31.4 Å². The Morgan fingerprint density at radius 3 is 2.00 bits per heavy atom. The third kappa shape index (κ3) is 1.94. The molecule has 7 heteroatoms. The zero-order valence-corrected chi connectivity index (χ0v) is 9.02. The van der Waals surface area contributed by atoms with Crippen LogP contribution in [0, 0.1) is 11.8 Å². The maximum Gasteiger partial charge on any atom is 0.426 e. The minimum Gasteiger partial charge on any atom is -0.374 e. The van der Waals surface area contributed by atoms with E-state index in [0.29, 0.717) is 6.42 Å². The number of alkyl halides is 6. The number of allylic oxidation sites excluding steroid dienone is 4. The average molecular weight is 272 g/mol. The number of hydrogen-bond donors (Lipinski definition) is 1. The minimum absolute atomic E-state index is 0.365. The van der Waals surface area contributed by atoms with E-state index in [1.54, 1.807) is 12.2 Å². The molecule has 1 N–H and O–H groups in total. The van der Waals surface area contributed by atoms with Gasteiger partial charge in [-0.2, -0.15) is 26.3 Å². The molecule has 102 valence electrons. The molecule has 0 radical (unpaired) electrons. The Morgan fingerprint density at radius 1 is 1.11 bits per heavy atom. The summed E-state index contributed by atoms with van der Waals surface area (Å²) in [5, 5.41) is 9.07. The predicted molar refractivity (Wildman–Crippen MR) is 50.5 cm³/mol. The molecule has 2 bridgehead atoms. The second-order valence-electron chi connectivity index (χ2n) is 4.69. The molecule has 0 heterocycles. The number of halogens is 6. The quantitative estimate of drug-likeness (QED) is 0.764. The van der Waals surface area contributed by atoms with E-state index in [1.807, 2.05) is 0 Å². The summed E-state index contributed by atoms with van der Waals surface area (Å²) in [7, 11) is 0. The number of hydrogen-bond acceptors (Lipinski definition) is 1. The first kappa shape index (κ1) is 13.5. The Balaban J connectivity index is 2.23. The molecule has 0 saturated heterocycles. The smallest absolute Gasteiger partial charge is 0.374 e. The second-order valence-corrected chi connectivity index (χ2v) is 4.69. The third-order valence-corrected chi connectivity index (χ3v) is 3.48. The van der Waals surface area contributed by atoms with Crippen LogP contribution in [0.15, 0.2) is 23.8 Å². The van der Waals surface area contributed by atoms with Gasteiger partial charge in [0.2, 0.25) is 0 Å². The number of fused-ring (bicyclic) bond motifs is 2. The summed E-state index contributed by atoms with van der Waals surface area (Å²) in [6.07, 6.45) is -7.72. The summed E-state index contributed by atoms with van der Waals surface area (Å²) in [5.74, 6) is -1.28. The van der Waals surface area contributed by atoms with E-state index in [0.717, 1.165) is 5.57 Å². The van der Waals surface area contributed by atoms with Crippen molar-refractivity contribution in [3.8, 4) is 0 Å². The van der Waals surface area contributed by atoms with Crippen molar-refractivity contribution in [1.82, 2.24) is 0 Å². The molecule has 2 unspecified atom stereocenters. The molecule has 2 atom stereocenters. The van der Waals surface area contributed by atoms with Crippen molar-refractivity contribution in [3.05, 3.63) is 23.8 Å². The summed E-state index contributed by atoms with van der Waals surface area (Å²) >= 11 is 0. The fourth-order valence-corrected chi connectivity index (χ4v) is 2.42. The minimum atomic E-state index is -5.73. The van der Waals surface area contributed by atoms with E-state index in [9.17, 15) is 26.3 Å². The number of rotatable bonds is 2. The van der Waals surface area contributed by atoms with E-state index >= 15 is 0 Å². The van der Waals surface area contributed by atoms with Gasteiger partial charge in [0.15, 0.2) is 0 Å². The fourth-order valence-electron chi connectivity index (χ4n) is 2.42. The summed E-state index contributed by atoms with van der Waals surface area (Å²) in [4.78, 5) is 0. The summed E-state index contributed by atoms with van der Waals surface area (Å²) in [5.41, 5.74) is -3.91. The molecule has 1 nitrogen and oxygen atoms in total. The zero-order chi connectivity index (χ0) is 13.8. The molecule has 0 aromatic heterocycles. The molecule has 0 spiro atoms.